The number of rotatable bonds is 3. The van der Waals surface area contributed by atoms with E-state index in [2.05, 4.69) is 19.2 Å². The molecule has 1 aliphatic rings. The minimum atomic E-state index is -1.15. The van der Waals surface area contributed by atoms with Crippen molar-refractivity contribution < 1.29 is 13.7 Å². The fourth-order valence-corrected chi connectivity index (χ4v) is 3.07. The predicted molar refractivity (Wildman–Crippen MR) is 72.6 cm³/mol. The molecular formula is C14H18F2N2O2. The van der Waals surface area contributed by atoms with Gasteiger partial charge in [0.05, 0.1) is 10.6 Å². The van der Waals surface area contributed by atoms with Crippen molar-refractivity contribution in [3.63, 3.8) is 0 Å². The second kappa shape index (κ2) is 5.73. The largest absolute Gasteiger partial charge is 0.380 e. The molecule has 0 spiro atoms. The van der Waals surface area contributed by atoms with Gasteiger partial charge in [0.25, 0.3) is 0 Å². The molecule has 110 valence electrons. The SMILES string of the molecule is CC1CC(C)CC(Nc2cc([N+](=O)[O-])c(F)cc2F)C1. The van der Waals surface area contributed by atoms with Gasteiger partial charge in [-0.25, -0.2) is 4.39 Å². The third kappa shape index (κ3) is 3.23. The number of nitrogens with one attached hydrogen (secondary N) is 1. The summed E-state index contributed by atoms with van der Waals surface area (Å²) in [6.45, 7) is 4.27. The summed E-state index contributed by atoms with van der Waals surface area (Å²) < 4.78 is 27.0. The van der Waals surface area contributed by atoms with E-state index < -0.39 is 22.2 Å². The first-order valence-electron chi connectivity index (χ1n) is 6.76. The summed E-state index contributed by atoms with van der Waals surface area (Å²) in [4.78, 5) is 9.86. The van der Waals surface area contributed by atoms with Gasteiger partial charge in [0, 0.05) is 18.2 Å². The molecule has 4 nitrogen and oxygen atoms in total. The van der Waals surface area contributed by atoms with Gasteiger partial charge >= 0.3 is 5.69 Å². The summed E-state index contributed by atoms with van der Waals surface area (Å²) in [5, 5.41) is 13.7. The number of hydrogen-bond donors (Lipinski definition) is 1. The highest BCUT2D eigenvalue weighted by Gasteiger charge is 2.26. The molecule has 1 aliphatic carbocycles. The van der Waals surface area contributed by atoms with Crippen LogP contribution in [-0.4, -0.2) is 11.0 Å². The third-order valence-corrected chi connectivity index (χ3v) is 3.77. The molecule has 6 heteroatoms. The highest BCUT2D eigenvalue weighted by atomic mass is 19.1. The van der Waals surface area contributed by atoms with E-state index in [4.69, 9.17) is 0 Å². The van der Waals surface area contributed by atoms with Gasteiger partial charge in [0.1, 0.15) is 5.82 Å². The van der Waals surface area contributed by atoms with Crippen LogP contribution in [0.25, 0.3) is 0 Å². The molecule has 0 heterocycles. The van der Waals surface area contributed by atoms with Gasteiger partial charge in [0.15, 0.2) is 0 Å². The van der Waals surface area contributed by atoms with E-state index in [1.807, 2.05) is 0 Å². The number of nitro benzene ring substituents is 1. The lowest BCUT2D eigenvalue weighted by Gasteiger charge is -2.32. The summed E-state index contributed by atoms with van der Waals surface area (Å²) in [5.41, 5.74) is -0.699. The predicted octanol–water partition coefficient (Wildman–Crippen LogP) is 4.11. The summed E-state index contributed by atoms with van der Waals surface area (Å²) in [7, 11) is 0. The molecule has 1 fully saturated rings. The Kier molecular flexibility index (Phi) is 4.20. The molecule has 0 amide bonds. The fourth-order valence-electron chi connectivity index (χ4n) is 3.07. The van der Waals surface area contributed by atoms with Crippen LogP contribution in [0.5, 0.6) is 0 Å². The Bertz CT molecular complexity index is 512. The van der Waals surface area contributed by atoms with Crippen LogP contribution in [0.15, 0.2) is 12.1 Å². The van der Waals surface area contributed by atoms with Crippen molar-refractivity contribution in [2.45, 2.75) is 39.2 Å². The van der Waals surface area contributed by atoms with E-state index in [1.165, 1.54) is 0 Å². The Labute approximate surface area is 116 Å². The van der Waals surface area contributed by atoms with E-state index in [0.717, 1.165) is 25.3 Å². The standard InChI is InChI=1S/C14H18F2N2O2/c1-8-3-9(2)5-10(4-8)17-13-7-14(18(19)20)12(16)6-11(13)15/h6-10,17H,3-5H2,1-2H3. The first-order valence-corrected chi connectivity index (χ1v) is 6.76. The number of anilines is 1. The van der Waals surface area contributed by atoms with Crippen LogP contribution in [0, 0.1) is 33.6 Å². The summed E-state index contributed by atoms with van der Waals surface area (Å²) in [6, 6.07) is 1.57. The number of nitrogens with zero attached hydrogens (tertiary/aromatic N) is 1. The molecular weight excluding hydrogens is 266 g/mol. The molecule has 1 saturated carbocycles. The van der Waals surface area contributed by atoms with Crippen molar-refractivity contribution in [2.24, 2.45) is 11.8 Å². The molecule has 1 aromatic rings. The molecule has 20 heavy (non-hydrogen) atoms. The van der Waals surface area contributed by atoms with Crippen LogP contribution in [0.1, 0.15) is 33.1 Å². The van der Waals surface area contributed by atoms with Crippen LogP contribution in [-0.2, 0) is 0 Å². The Morgan fingerprint density at radius 3 is 2.30 bits per heavy atom. The van der Waals surface area contributed by atoms with Crippen LogP contribution >= 0.6 is 0 Å². The minimum absolute atomic E-state index is 0.00407. The number of benzene rings is 1. The second-order valence-corrected chi connectivity index (χ2v) is 5.80. The van der Waals surface area contributed by atoms with Crippen LogP contribution in [0.2, 0.25) is 0 Å². The molecule has 1 N–H and O–H groups in total. The molecule has 0 radical (unpaired) electrons. The number of halogens is 2. The summed E-state index contributed by atoms with van der Waals surface area (Å²) >= 11 is 0. The van der Waals surface area contributed by atoms with Gasteiger partial charge < -0.3 is 5.32 Å². The zero-order chi connectivity index (χ0) is 14.9. The Morgan fingerprint density at radius 2 is 1.75 bits per heavy atom. The Hall–Kier alpha value is -1.72. The van der Waals surface area contributed by atoms with Crippen LogP contribution < -0.4 is 5.32 Å². The monoisotopic (exact) mass is 284 g/mol. The Balaban J connectivity index is 2.20. The Morgan fingerprint density at radius 1 is 1.15 bits per heavy atom. The molecule has 0 bridgehead atoms. The lowest BCUT2D eigenvalue weighted by molar-refractivity contribution is -0.387. The van der Waals surface area contributed by atoms with Crippen molar-refractivity contribution in [1.29, 1.82) is 0 Å². The van der Waals surface area contributed by atoms with Crippen molar-refractivity contribution >= 4 is 11.4 Å². The topological polar surface area (TPSA) is 55.2 Å². The number of nitro groups is 1. The van der Waals surface area contributed by atoms with Crippen molar-refractivity contribution in [1.82, 2.24) is 0 Å². The summed E-state index contributed by atoms with van der Waals surface area (Å²) in [6.07, 6.45) is 2.90. The maximum absolute atomic E-state index is 13.7. The molecule has 2 rings (SSSR count). The van der Waals surface area contributed by atoms with E-state index in [1.54, 1.807) is 0 Å². The molecule has 1 aromatic carbocycles. The maximum atomic E-state index is 13.7. The van der Waals surface area contributed by atoms with Crippen molar-refractivity contribution in [2.75, 3.05) is 5.32 Å². The fraction of sp³-hybridized carbons (Fsp3) is 0.571. The summed E-state index contributed by atoms with van der Waals surface area (Å²) in [5.74, 6) is -0.896. The van der Waals surface area contributed by atoms with E-state index in [-0.39, 0.29) is 11.7 Å². The normalized spacial score (nSPS) is 26.3. The van der Waals surface area contributed by atoms with Crippen LogP contribution in [0.3, 0.4) is 0 Å². The van der Waals surface area contributed by atoms with Gasteiger partial charge in [0.2, 0.25) is 5.82 Å². The molecule has 0 aliphatic heterocycles. The first kappa shape index (κ1) is 14.7. The average Bonchev–Trinajstić information content (AvgIpc) is 2.30. The number of hydrogen-bond acceptors (Lipinski definition) is 3. The van der Waals surface area contributed by atoms with Gasteiger partial charge in [-0.2, -0.15) is 4.39 Å². The van der Waals surface area contributed by atoms with E-state index in [9.17, 15) is 18.9 Å². The lowest BCUT2D eigenvalue weighted by Crippen LogP contribution is -2.30. The molecule has 0 aromatic heterocycles. The smallest absolute Gasteiger partial charge is 0.307 e. The van der Waals surface area contributed by atoms with Gasteiger partial charge in [-0.15, -0.1) is 0 Å². The zero-order valence-corrected chi connectivity index (χ0v) is 11.5. The van der Waals surface area contributed by atoms with E-state index in [0.29, 0.717) is 17.9 Å². The molecule has 2 atom stereocenters. The third-order valence-electron chi connectivity index (χ3n) is 3.77. The van der Waals surface area contributed by atoms with E-state index >= 15 is 0 Å². The van der Waals surface area contributed by atoms with Gasteiger partial charge in [-0.1, -0.05) is 13.8 Å². The van der Waals surface area contributed by atoms with Crippen molar-refractivity contribution in [3.05, 3.63) is 33.9 Å². The average molecular weight is 284 g/mol. The molecule has 2 unspecified atom stereocenters. The second-order valence-electron chi connectivity index (χ2n) is 5.80. The van der Waals surface area contributed by atoms with Gasteiger partial charge in [-0.3, -0.25) is 10.1 Å². The highest BCUT2D eigenvalue weighted by molar-refractivity contribution is 5.53. The van der Waals surface area contributed by atoms with Gasteiger partial charge in [-0.05, 0) is 31.1 Å². The lowest BCUT2D eigenvalue weighted by atomic mass is 9.80. The highest BCUT2D eigenvalue weighted by Crippen LogP contribution is 2.32. The van der Waals surface area contributed by atoms with Crippen molar-refractivity contribution in [3.8, 4) is 0 Å². The maximum Gasteiger partial charge on any atom is 0.307 e. The molecule has 0 saturated heterocycles. The quantitative estimate of drug-likeness (QED) is 0.671. The minimum Gasteiger partial charge on any atom is -0.380 e. The van der Waals surface area contributed by atoms with Crippen LogP contribution in [0.4, 0.5) is 20.2 Å². The zero-order valence-electron chi connectivity index (χ0n) is 11.5. The first-order chi connectivity index (χ1) is 9.36.